The molecule has 1 saturated heterocycles. The first kappa shape index (κ1) is 12.3. The first-order chi connectivity index (χ1) is 7.20. The number of halogens is 1. The number of hydrogen-bond acceptors (Lipinski definition) is 3. The summed E-state index contributed by atoms with van der Waals surface area (Å²) in [7, 11) is 1.35. The molecule has 1 fully saturated rings. The average Bonchev–Trinajstić information content (AvgIpc) is 2.60. The third kappa shape index (κ3) is 3.09. The van der Waals surface area contributed by atoms with Gasteiger partial charge in [0.15, 0.2) is 0 Å². The number of nitrogens with zero attached hydrogens (tertiary/aromatic N) is 1. The number of esters is 1. The van der Waals surface area contributed by atoms with Crippen molar-refractivity contribution in [2.45, 2.75) is 31.7 Å². The first-order valence-electron chi connectivity index (χ1n) is 5.14. The van der Waals surface area contributed by atoms with E-state index in [-0.39, 0.29) is 17.9 Å². The Morgan fingerprint density at radius 3 is 2.93 bits per heavy atom. The monoisotopic (exact) mass is 233 g/mol. The third-order valence-electron chi connectivity index (χ3n) is 2.58. The summed E-state index contributed by atoms with van der Waals surface area (Å²) in [6.45, 7) is 0.602. The lowest BCUT2D eigenvalue weighted by molar-refractivity contribution is -0.149. The van der Waals surface area contributed by atoms with E-state index in [0.29, 0.717) is 25.3 Å². The van der Waals surface area contributed by atoms with Crippen LogP contribution in [0.15, 0.2) is 0 Å². The smallest absolute Gasteiger partial charge is 0.328 e. The van der Waals surface area contributed by atoms with Gasteiger partial charge < -0.3 is 9.64 Å². The van der Waals surface area contributed by atoms with Crippen LogP contribution in [-0.4, -0.2) is 42.4 Å². The number of unbranched alkanes of at least 4 members (excludes halogenated alkanes) is 1. The molecule has 1 atom stereocenters. The van der Waals surface area contributed by atoms with Crippen molar-refractivity contribution in [2.24, 2.45) is 0 Å². The van der Waals surface area contributed by atoms with Crippen LogP contribution < -0.4 is 0 Å². The first-order valence-corrected chi connectivity index (χ1v) is 5.67. The molecule has 4 nitrogen and oxygen atoms in total. The van der Waals surface area contributed by atoms with E-state index in [9.17, 15) is 9.59 Å². The van der Waals surface area contributed by atoms with E-state index in [1.807, 2.05) is 0 Å². The predicted molar refractivity (Wildman–Crippen MR) is 56.7 cm³/mol. The molecule has 1 amide bonds. The molecule has 86 valence electrons. The van der Waals surface area contributed by atoms with Gasteiger partial charge in [-0.3, -0.25) is 4.79 Å². The minimum absolute atomic E-state index is 0.0416. The van der Waals surface area contributed by atoms with Crippen molar-refractivity contribution in [1.82, 2.24) is 4.90 Å². The second kappa shape index (κ2) is 5.95. The van der Waals surface area contributed by atoms with Crippen LogP contribution in [0.1, 0.15) is 25.7 Å². The van der Waals surface area contributed by atoms with Gasteiger partial charge in [-0.15, -0.1) is 11.6 Å². The van der Waals surface area contributed by atoms with Gasteiger partial charge >= 0.3 is 5.97 Å². The summed E-state index contributed by atoms with van der Waals surface area (Å²) in [6, 6.07) is -0.377. The van der Waals surface area contributed by atoms with E-state index >= 15 is 0 Å². The number of carbonyl (C=O) groups excluding carboxylic acids is 2. The lowest BCUT2D eigenvalue weighted by Crippen LogP contribution is -2.39. The van der Waals surface area contributed by atoms with Crippen LogP contribution >= 0.6 is 11.6 Å². The average molecular weight is 234 g/mol. The molecule has 0 spiro atoms. The zero-order valence-corrected chi connectivity index (χ0v) is 9.63. The molecule has 0 radical (unpaired) electrons. The van der Waals surface area contributed by atoms with Gasteiger partial charge in [0.05, 0.1) is 7.11 Å². The molecule has 0 saturated carbocycles. The van der Waals surface area contributed by atoms with E-state index in [1.54, 1.807) is 4.90 Å². The molecular weight excluding hydrogens is 218 g/mol. The molecule has 1 rings (SSSR count). The van der Waals surface area contributed by atoms with Crippen LogP contribution in [0.5, 0.6) is 0 Å². The molecule has 1 unspecified atom stereocenters. The van der Waals surface area contributed by atoms with Crippen molar-refractivity contribution in [3.8, 4) is 0 Å². The molecule has 0 aromatic heterocycles. The quantitative estimate of drug-likeness (QED) is 0.407. The fraction of sp³-hybridized carbons (Fsp3) is 0.800. The van der Waals surface area contributed by atoms with Crippen LogP contribution in [0.25, 0.3) is 0 Å². The number of methoxy groups -OCH3 is 1. The maximum Gasteiger partial charge on any atom is 0.328 e. The van der Waals surface area contributed by atoms with Crippen molar-refractivity contribution >= 4 is 23.5 Å². The Hall–Kier alpha value is -0.770. The number of alkyl halides is 1. The van der Waals surface area contributed by atoms with Crippen molar-refractivity contribution in [3.63, 3.8) is 0 Å². The molecular formula is C10H16ClNO3. The number of hydrogen-bond donors (Lipinski definition) is 0. The molecule has 1 heterocycles. The van der Waals surface area contributed by atoms with Crippen LogP contribution in [0.3, 0.4) is 0 Å². The highest BCUT2D eigenvalue weighted by Crippen LogP contribution is 2.20. The largest absolute Gasteiger partial charge is 0.467 e. The molecule has 0 aromatic rings. The van der Waals surface area contributed by atoms with E-state index in [1.165, 1.54) is 7.11 Å². The molecule has 0 bridgehead atoms. The Kier molecular flexibility index (Phi) is 4.88. The van der Waals surface area contributed by atoms with Crippen molar-refractivity contribution in [1.29, 1.82) is 0 Å². The van der Waals surface area contributed by atoms with Gasteiger partial charge in [0.2, 0.25) is 5.91 Å². The molecule has 1 aliphatic heterocycles. The molecule has 5 heteroatoms. The SMILES string of the molecule is COC(=O)C1CCC(=O)N1CCCCCl. The molecule has 15 heavy (non-hydrogen) atoms. The Labute approximate surface area is 94.5 Å². The number of amides is 1. The summed E-state index contributed by atoms with van der Waals surface area (Å²) in [5.41, 5.74) is 0. The predicted octanol–water partition coefficient (Wildman–Crippen LogP) is 1.17. The molecule has 0 N–H and O–H groups in total. The van der Waals surface area contributed by atoms with Gasteiger partial charge in [-0.1, -0.05) is 0 Å². The summed E-state index contributed by atoms with van der Waals surface area (Å²) >= 11 is 5.55. The fourth-order valence-electron chi connectivity index (χ4n) is 1.77. The van der Waals surface area contributed by atoms with Gasteiger partial charge in [0.1, 0.15) is 6.04 Å². The molecule has 1 aliphatic rings. The Balaban J connectivity index is 2.49. The van der Waals surface area contributed by atoms with Crippen LogP contribution in [-0.2, 0) is 14.3 Å². The lowest BCUT2D eigenvalue weighted by Gasteiger charge is -2.22. The number of rotatable bonds is 5. The van der Waals surface area contributed by atoms with Gasteiger partial charge in [0.25, 0.3) is 0 Å². The summed E-state index contributed by atoms with van der Waals surface area (Å²) < 4.78 is 4.66. The zero-order valence-electron chi connectivity index (χ0n) is 8.87. The second-order valence-corrected chi connectivity index (χ2v) is 3.94. The third-order valence-corrected chi connectivity index (χ3v) is 2.85. The molecule has 0 aliphatic carbocycles. The van der Waals surface area contributed by atoms with Crippen molar-refractivity contribution < 1.29 is 14.3 Å². The Bertz CT molecular complexity index is 245. The summed E-state index contributed by atoms with van der Waals surface area (Å²) in [5, 5.41) is 0. The highest BCUT2D eigenvalue weighted by atomic mass is 35.5. The van der Waals surface area contributed by atoms with Gasteiger partial charge in [0, 0.05) is 18.8 Å². The van der Waals surface area contributed by atoms with E-state index in [0.717, 1.165) is 12.8 Å². The summed E-state index contributed by atoms with van der Waals surface area (Å²) in [4.78, 5) is 24.5. The van der Waals surface area contributed by atoms with Crippen molar-refractivity contribution in [3.05, 3.63) is 0 Å². The second-order valence-electron chi connectivity index (χ2n) is 3.56. The van der Waals surface area contributed by atoms with Crippen LogP contribution in [0.4, 0.5) is 0 Å². The lowest BCUT2D eigenvalue weighted by atomic mass is 10.2. The normalized spacial score (nSPS) is 20.8. The topological polar surface area (TPSA) is 46.6 Å². The number of likely N-dealkylation sites (tertiary alicyclic amines) is 1. The minimum Gasteiger partial charge on any atom is -0.467 e. The van der Waals surface area contributed by atoms with Crippen molar-refractivity contribution in [2.75, 3.05) is 19.5 Å². The van der Waals surface area contributed by atoms with Gasteiger partial charge in [-0.25, -0.2) is 4.79 Å². The van der Waals surface area contributed by atoms with Gasteiger partial charge in [-0.05, 0) is 19.3 Å². The maximum atomic E-state index is 11.5. The number of carbonyl (C=O) groups is 2. The van der Waals surface area contributed by atoms with Gasteiger partial charge in [-0.2, -0.15) is 0 Å². The zero-order chi connectivity index (χ0) is 11.3. The summed E-state index contributed by atoms with van der Waals surface area (Å²) in [5.74, 6) is 0.317. The van der Waals surface area contributed by atoms with Crippen LogP contribution in [0, 0.1) is 0 Å². The van der Waals surface area contributed by atoms with E-state index < -0.39 is 0 Å². The maximum absolute atomic E-state index is 11.5. The Morgan fingerprint density at radius 1 is 1.60 bits per heavy atom. The highest BCUT2D eigenvalue weighted by molar-refractivity contribution is 6.17. The fourth-order valence-corrected chi connectivity index (χ4v) is 1.96. The molecule has 0 aromatic carbocycles. The standard InChI is InChI=1S/C10H16ClNO3/c1-15-10(14)8-4-5-9(13)12(8)7-3-2-6-11/h8H,2-7H2,1H3. The summed E-state index contributed by atoms with van der Waals surface area (Å²) in [6.07, 6.45) is 2.72. The highest BCUT2D eigenvalue weighted by Gasteiger charge is 2.36. The Morgan fingerprint density at radius 2 is 2.33 bits per heavy atom. The van der Waals surface area contributed by atoms with E-state index in [4.69, 9.17) is 11.6 Å². The minimum atomic E-state index is -0.377. The number of ether oxygens (including phenoxy) is 1. The van der Waals surface area contributed by atoms with Crippen LogP contribution in [0.2, 0.25) is 0 Å². The van der Waals surface area contributed by atoms with E-state index in [2.05, 4.69) is 4.74 Å².